The van der Waals surface area contributed by atoms with Crippen LogP contribution in [0.25, 0.3) is 11.0 Å². The van der Waals surface area contributed by atoms with Crippen molar-refractivity contribution in [3.05, 3.63) is 33.7 Å². The van der Waals surface area contributed by atoms with Crippen LogP contribution in [-0.2, 0) is 6.42 Å². The maximum absolute atomic E-state index is 13.6. The highest BCUT2D eigenvalue weighted by Crippen LogP contribution is 2.49. The zero-order chi connectivity index (χ0) is 25.7. The van der Waals surface area contributed by atoms with Crippen molar-refractivity contribution < 1.29 is 24.1 Å². The monoisotopic (exact) mass is 499 g/mol. The molecule has 5 rings (SSSR count). The molecule has 3 aliphatic rings. The number of rotatable bonds is 7. The summed E-state index contributed by atoms with van der Waals surface area (Å²) in [6.45, 7) is 3.67. The van der Waals surface area contributed by atoms with Gasteiger partial charge in [-0.25, -0.2) is 0 Å². The molecule has 2 saturated carbocycles. The summed E-state index contributed by atoms with van der Waals surface area (Å²) in [5.74, 6) is 1.17. The number of aliphatic imine (C=N–C) groups is 1. The third kappa shape index (κ3) is 4.54. The molecule has 2 heterocycles. The first-order valence-corrected chi connectivity index (χ1v) is 13.0. The number of fused-ring (bicyclic) bond motifs is 2. The third-order valence-corrected chi connectivity index (χ3v) is 8.11. The molecule has 1 aliphatic heterocycles. The lowest BCUT2D eigenvalue weighted by molar-refractivity contribution is -0.0230. The predicted octanol–water partition coefficient (Wildman–Crippen LogP) is 3.06. The maximum Gasteiger partial charge on any atom is 0.196 e. The summed E-state index contributed by atoms with van der Waals surface area (Å²) in [6.07, 6.45) is 6.29. The molecule has 196 valence electrons. The van der Waals surface area contributed by atoms with Gasteiger partial charge in [0.25, 0.3) is 0 Å². The smallest absolute Gasteiger partial charge is 0.196 e. The summed E-state index contributed by atoms with van der Waals surface area (Å²) in [7, 11) is 0. The average Bonchev–Trinajstić information content (AvgIpc) is 3.57. The highest BCUT2D eigenvalue weighted by molar-refractivity contribution is 5.88. The standard InChI is InChI=1S/C27H37N3O6/c1-26(2,33)21-11-16-18(36-21)13-19-22(23(16)34-15-7-3-4-8-15)17(31)12-20(35-19)24(32)27(9-5-6-10-27)14-30-25(28)29/h12-13,15,21,24,32-33H,3-11,14H2,1-2H3,(H4,28,29,30). The van der Waals surface area contributed by atoms with Crippen molar-refractivity contribution in [3.8, 4) is 11.5 Å². The zero-order valence-electron chi connectivity index (χ0n) is 21.1. The molecule has 0 bridgehead atoms. The average molecular weight is 500 g/mol. The van der Waals surface area contributed by atoms with Gasteiger partial charge >= 0.3 is 0 Å². The summed E-state index contributed by atoms with van der Waals surface area (Å²) in [5.41, 5.74) is 10.3. The number of hydrogen-bond donors (Lipinski definition) is 4. The number of ether oxygens (including phenoxy) is 2. The van der Waals surface area contributed by atoms with E-state index in [1.54, 1.807) is 19.9 Å². The van der Waals surface area contributed by atoms with Gasteiger partial charge in [0.2, 0.25) is 0 Å². The Labute approximate surface area is 210 Å². The molecule has 0 radical (unpaired) electrons. The lowest BCUT2D eigenvalue weighted by Crippen LogP contribution is -2.39. The molecule has 9 heteroatoms. The summed E-state index contributed by atoms with van der Waals surface area (Å²) in [4.78, 5) is 17.7. The van der Waals surface area contributed by atoms with E-state index in [2.05, 4.69) is 4.99 Å². The van der Waals surface area contributed by atoms with Crippen LogP contribution in [0.1, 0.15) is 82.6 Å². The van der Waals surface area contributed by atoms with E-state index in [0.717, 1.165) is 56.9 Å². The Kier molecular flexibility index (Phi) is 6.41. The van der Waals surface area contributed by atoms with E-state index in [9.17, 15) is 15.0 Å². The van der Waals surface area contributed by atoms with Gasteiger partial charge in [-0.15, -0.1) is 0 Å². The van der Waals surface area contributed by atoms with Crippen LogP contribution in [0.15, 0.2) is 26.3 Å². The first-order chi connectivity index (χ1) is 17.1. The molecule has 2 aromatic rings. The minimum absolute atomic E-state index is 0.0203. The molecule has 2 fully saturated rings. The minimum atomic E-state index is -1.07. The van der Waals surface area contributed by atoms with Crippen molar-refractivity contribution in [2.75, 3.05) is 6.54 Å². The molecular formula is C27H37N3O6. The van der Waals surface area contributed by atoms with E-state index in [-0.39, 0.29) is 29.8 Å². The topological polar surface area (TPSA) is 154 Å². The molecule has 1 aromatic heterocycles. The highest BCUT2D eigenvalue weighted by Gasteiger charge is 2.43. The fourth-order valence-corrected chi connectivity index (χ4v) is 5.98. The van der Waals surface area contributed by atoms with E-state index < -0.39 is 23.2 Å². The predicted molar refractivity (Wildman–Crippen MR) is 136 cm³/mol. The van der Waals surface area contributed by atoms with Crippen LogP contribution in [-0.4, -0.2) is 40.5 Å². The van der Waals surface area contributed by atoms with Crippen molar-refractivity contribution in [1.82, 2.24) is 0 Å². The van der Waals surface area contributed by atoms with Crippen LogP contribution in [0.4, 0.5) is 0 Å². The number of hydrogen-bond acceptors (Lipinski definition) is 7. The van der Waals surface area contributed by atoms with Gasteiger partial charge in [-0.2, -0.15) is 0 Å². The summed E-state index contributed by atoms with van der Waals surface area (Å²) in [6, 6.07) is 3.06. The molecule has 0 amide bonds. The van der Waals surface area contributed by atoms with Gasteiger partial charge in [0.1, 0.15) is 40.4 Å². The number of nitrogens with zero attached hydrogens (tertiary/aromatic N) is 1. The van der Waals surface area contributed by atoms with Crippen molar-refractivity contribution >= 4 is 16.9 Å². The molecule has 6 N–H and O–H groups in total. The van der Waals surface area contributed by atoms with Crippen molar-refractivity contribution in [1.29, 1.82) is 0 Å². The third-order valence-electron chi connectivity index (χ3n) is 8.11. The second-order valence-electron chi connectivity index (χ2n) is 11.3. The molecule has 2 aliphatic carbocycles. The van der Waals surface area contributed by atoms with E-state index in [0.29, 0.717) is 28.9 Å². The van der Waals surface area contributed by atoms with Gasteiger partial charge in [-0.3, -0.25) is 9.79 Å². The number of guanidine groups is 1. The number of aliphatic hydroxyl groups excluding tert-OH is 1. The molecule has 0 spiro atoms. The maximum atomic E-state index is 13.6. The summed E-state index contributed by atoms with van der Waals surface area (Å²) < 4.78 is 18.8. The van der Waals surface area contributed by atoms with Crippen LogP contribution in [0.3, 0.4) is 0 Å². The van der Waals surface area contributed by atoms with Crippen LogP contribution in [0, 0.1) is 5.41 Å². The van der Waals surface area contributed by atoms with Crippen LogP contribution in [0.5, 0.6) is 11.5 Å². The summed E-state index contributed by atoms with van der Waals surface area (Å²) >= 11 is 0. The lowest BCUT2D eigenvalue weighted by atomic mass is 9.79. The van der Waals surface area contributed by atoms with Gasteiger partial charge in [0.15, 0.2) is 11.4 Å². The highest BCUT2D eigenvalue weighted by atomic mass is 16.5. The first kappa shape index (κ1) is 24.9. The second kappa shape index (κ2) is 9.27. The van der Waals surface area contributed by atoms with Crippen LogP contribution >= 0.6 is 0 Å². The summed E-state index contributed by atoms with van der Waals surface area (Å²) in [5, 5.41) is 22.4. The molecule has 1 aromatic carbocycles. The van der Waals surface area contributed by atoms with Crippen molar-refractivity contribution in [3.63, 3.8) is 0 Å². The van der Waals surface area contributed by atoms with E-state index in [1.807, 2.05) is 0 Å². The lowest BCUT2D eigenvalue weighted by Gasteiger charge is -2.32. The Balaban J connectivity index is 1.60. The van der Waals surface area contributed by atoms with Crippen LogP contribution < -0.4 is 26.4 Å². The van der Waals surface area contributed by atoms with Gasteiger partial charge in [-0.1, -0.05) is 12.8 Å². The first-order valence-electron chi connectivity index (χ1n) is 13.0. The van der Waals surface area contributed by atoms with Crippen molar-refractivity contribution in [2.45, 2.75) is 95.5 Å². The molecule has 9 nitrogen and oxygen atoms in total. The second-order valence-corrected chi connectivity index (χ2v) is 11.3. The molecule has 2 atom stereocenters. The van der Waals surface area contributed by atoms with E-state index >= 15 is 0 Å². The normalized spacial score (nSPS) is 22.4. The largest absolute Gasteiger partial charge is 0.489 e. The minimum Gasteiger partial charge on any atom is -0.489 e. The van der Waals surface area contributed by atoms with Gasteiger partial charge < -0.3 is 35.6 Å². The Hall–Kier alpha value is -2.78. The van der Waals surface area contributed by atoms with Gasteiger partial charge in [0.05, 0.1) is 18.2 Å². The Morgan fingerprint density at radius 3 is 2.56 bits per heavy atom. The fraction of sp³-hybridized carbons (Fsp3) is 0.630. The Morgan fingerprint density at radius 1 is 1.22 bits per heavy atom. The number of aliphatic hydroxyl groups is 2. The van der Waals surface area contributed by atoms with E-state index in [4.69, 9.17) is 25.4 Å². The zero-order valence-corrected chi connectivity index (χ0v) is 21.1. The van der Waals surface area contributed by atoms with Crippen molar-refractivity contribution in [2.24, 2.45) is 21.9 Å². The molecular weight excluding hydrogens is 462 g/mol. The Morgan fingerprint density at radius 2 is 1.92 bits per heavy atom. The number of nitrogens with two attached hydrogens (primary N) is 2. The van der Waals surface area contributed by atoms with Crippen LogP contribution in [0.2, 0.25) is 0 Å². The quantitative estimate of drug-likeness (QED) is 0.335. The number of benzene rings is 1. The van der Waals surface area contributed by atoms with E-state index in [1.165, 1.54) is 6.07 Å². The fourth-order valence-electron chi connectivity index (χ4n) is 5.98. The SMILES string of the molecule is CC(C)(O)C1Cc2c(cc3oc(C(O)C4(CN=C(N)N)CCCC4)cc(=O)c3c2OC2CCCC2)O1. The van der Waals surface area contributed by atoms with Gasteiger partial charge in [-0.05, 0) is 52.4 Å². The molecule has 2 unspecified atom stereocenters. The van der Waals surface area contributed by atoms with Gasteiger partial charge in [0, 0.05) is 29.5 Å². The molecule has 0 saturated heterocycles. The Bertz CT molecular complexity index is 1210. The molecule has 36 heavy (non-hydrogen) atoms.